The monoisotopic (exact) mass is 249 g/mol. The predicted octanol–water partition coefficient (Wildman–Crippen LogP) is 1.88. The molecule has 96 valence electrons. The molecule has 4 nitrogen and oxygen atoms in total. The quantitative estimate of drug-likeness (QED) is 0.899. The Morgan fingerprint density at radius 1 is 1.39 bits per heavy atom. The third-order valence-corrected chi connectivity index (χ3v) is 2.82. The van der Waals surface area contributed by atoms with Gasteiger partial charge in [0.25, 0.3) is 0 Å². The summed E-state index contributed by atoms with van der Waals surface area (Å²) in [5, 5.41) is 7.47. The maximum absolute atomic E-state index is 13.4. The van der Waals surface area contributed by atoms with Crippen LogP contribution in [0.15, 0.2) is 30.5 Å². The minimum Gasteiger partial charge on any atom is -0.496 e. The molecular formula is C13H16FN3O. The smallest absolute Gasteiger partial charge is 0.124 e. The number of nitrogens with one attached hydrogen (secondary N) is 1. The van der Waals surface area contributed by atoms with Crippen LogP contribution in [0.5, 0.6) is 5.75 Å². The van der Waals surface area contributed by atoms with Crippen molar-refractivity contribution in [2.45, 2.75) is 6.04 Å². The van der Waals surface area contributed by atoms with Crippen molar-refractivity contribution in [2.24, 2.45) is 7.05 Å². The summed E-state index contributed by atoms with van der Waals surface area (Å²) in [7, 11) is 5.23. The minimum atomic E-state index is -0.290. The summed E-state index contributed by atoms with van der Waals surface area (Å²) in [6.07, 6.45) is 1.85. The minimum absolute atomic E-state index is 0.197. The first-order valence-electron chi connectivity index (χ1n) is 5.66. The van der Waals surface area contributed by atoms with Gasteiger partial charge < -0.3 is 10.1 Å². The van der Waals surface area contributed by atoms with Crippen molar-refractivity contribution in [2.75, 3.05) is 14.2 Å². The second-order valence-electron chi connectivity index (χ2n) is 4.02. The zero-order valence-electron chi connectivity index (χ0n) is 10.6. The van der Waals surface area contributed by atoms with Gasteiger partial charge in [-0.15, -0.1) is 0 Å². The maximum Gasteiger partial charge on any atom is 0.124 e. The molecule has 0 saturated carbocycles. The van der Waals surface area contributed by atoms with Crippen LogP contribution in [-0.4, -0.2) is 23.9 Å². The summed E-state index contributed by atoms with van der Waals surface area (Å²) in [6.45, 7) is 0. The van der Waals surface area contributed by atoms with Crippen LogP contribution in [0.4, 0.5) is 4.39 Å². The van der Waals surface area contributed by atoms with E-state index in [0.717, 1.165) is 11.3 Å². The highest BCUT2D eigenvalue weighted by Crippen LogP contribution is 2.29. The molecule has 1 aromatic heterocycles. The number of nitrogens with zero attached hydrogens (tertiary/aromatic N) is 2. The largest absolute Gasteiger partial charge is 0.496 e. The summed E-state index contributed by atoms with van der Waals surface area (Å²) >= 11 is 0. The normalized spacial score (nSPS) is 12.4. The topological polar surface area (TPSA) is 39.1 Å². The number of rotatable bonds is 4. The van der Waals surface area contributed by atoms with Gasteiger partial charge in [0.1, 0.15) is 11.6 Å². The summed E-state index contributed by atoms with van der Waals surface area (Å²) in [4.78, 5) is 0. The Labute approximate surface area is 105 Å². The average molecular weight is 249 g/mol. The molecule has 0 amide bonds. The maximum atomic E-state index is 13.4. The molecule has 1 atom stereocenters. The third-order valence-electron chi connectivity index (χ3n) is 2.82. The highest BCUT2D eigenvalue weighted by Gasteiger charge is 2.19. The van der Waals surface area contributed by atoms with Crippen LogP contribution >= 0.6 is 0 Å². The number of benzene rings is 1. The van der Waals surface area contributed by atoms with Gasteiger partial charge in [-0.05, 0) is 31.3 Å². The number of methoxy groups -OCH3 is 1. The molecule has 0 aliphatic rings. The lowest BCUT2D eigenvalue weighted by atomic mass is 10.0. The van der Waals surface area contributed by atoms with E-state index in [1.54, 1.807) is 17.9 Å². The van der Waals surface area contributed by atoms with E-state index in [1.165, 1.54) is 12.1 Å². The number of aromatic nitrogens is 2. The van der Waals surface area contributed by atoms with Gasteiger partial charge in [-0.25, -0.2) is 4.39 Å². The van der Waals surface area contributed by atoms with Gasteiger partial charge in [0, 0.05) is 18.8 Å². The van der Waals surface area contributed by atoms with E-state index >= 15 is 0 Å². The Morgan fingerprint density at radius 2 is 2.17 bits per heavy atom. The molecule has 0 spiro atoms. The molecule has 1 N–H and O–H groups in total. The van der Waals surface area contributed by atoms with E-state index in [4.69, 9.17) is 4.74 Å². The van der Waals surface area contributed by atoms with Crippen LogP contribution in [0.2, 0.25) is 0 Å². The van der Waals surface area contributed by atoms with Crippen molar-refractivity contribution in [3.63, 3.8) is 0 Å². The van der Waals surface area contributed by atoms with E-state index in [-0.39, 0.29) is 11.9 Å². The second kappa shape index (κ2) is 5.18. The molecule has 2 rings (SSSR count). The lowest BCUT2D eigenvalue weighted by Gasteiger charge is -2.17. The lowest BCUT2D eigenvalue weighted by molar-refractivity contribution is 0.403. The van der Waals surface area contributed by atoms with E-state index in [9.17, 15) is 4.39 Å². The molecule has 0 fully saturated rings. The van der Waals surface area contributed by atoms with Crippen LogP contribution in [0, 0.1) is 5.82 Å². The number of hydrogen-bond acceptors (Lipinski definition) is 3. The molecule has 1 aromatic carbocycles. The van der Waals surface area contributed by atoms with Crippen molar-refractivity contribution in [1.82, 2.24) is 15.1 Å². The SMILES string of the molecule is CNC(c1ccn(C)n1)c1cc(F)ccc1OC. The number of aryl methyl sites for hydroxylation is 1. The van der Waals surface area contributed by atoms with Crippen LogP contribution < -0.4 is 10.1 Å². The van der Waals surface area contributed by atoms with Crippen LogP contribution in [0.3, 0.4) is 0 Å². The first-order chi connectivity index (χ1) is 8.65. The number of ether oxygens (including phenoxy) is 1. The van der Waals surface area contributed by atoms with Crippen LogP contribution in [0.1, 0.15) is 17.3 Å². The zero-order valence-corrected chi connectivity index (χ0v) is 10.6. The van der Waals surface area contributed by atoms with Crippen LogP contribution in [-0.2, 0) is 7.05 Å². The zero-order chi connectivity index (χ0) is 13.1. The Balaban J connectivity index is 2.47. The molecule has 5 heteroatoms. The van der Waals surface area contributed by atoms with Gasteiger partial charge in [0.15, 0.2) is 0 Å². The number of halogens is 1. The van der Waals surface area contributed by atoms with Gasteiger partial charge in [0.2, 0.25) is 0 Å². The molecule has 1 heterocycles. The summed E-state index contributed by atoms with van der Waals surface area (Å²) < 4.78 is 20.4. The van der Waals surface area contributed by atoms with Gasteiger partial charge >= 0.3 is 0 Å². The molecule has 18 heavy (non-hydrogen) atoms. The second-order valence-corrected chi connectivity index (χ2v) is 4.02. The van der Waals surface area contributed by atoms with Gasteiger partial charge in [-0.1, -0.05) is 0 Å². The van der Waals surface area contributed by atoms with Crippen LogP contribution in [0.25, 0.3) is 0 Å². The van der Waals surface area contributed by atoms with Gasteiger partial charge in [0.05, 0.1) is 18.8 Å². The summed E-state index contributed by atoms with van der Waals surface area (Å²) in [5.74, 6) is 0.350. The van der Waals surface area contributed by atoms with E-state index in [2.05, 4.69) is 10.4 Å². The standard InChI is InChI=1S/C13H16FN3O/c1-15-13(11-6-7-17(2)16-11)10-8-9(14)4-5-12(10)18-3/h4-8,13,15H,1-3H3. The summed E-state index contributed by atoms with van der Waals surface area (Å²) in [6, 6.07) is 6.17. The van der Waals surface area contributed by atoms with Gasteiger partial charge in [-0.3, -0.25) is 4.68 Å². The molecule has 0 radical (unpaired) electrons. The molecule has 0 aliphatic heterocycles. The van der Waals surface area contributed by atoms with Crippen molar-refractivity contribution in [3.05, 3.63) is 47.5 Å². The van der Waals surface area contributed by atoms with E-state index < -0.39 is 0 Å². The van der Waals surface area contributed by atoms with Gasteiger partial charge in [-0.2, -0.15) is 5.10 Å². The Hall–Kier alpha value is -1.88. The highest BCUT2D eigenvalue weighted by atomic mass is 19.1. The third kappa shape index (κ3) is 2.36. The molecule has 1 unspecified atom stereocenters. The molecule has 0 saturated heterocycles. The van der Waals surface area contributed by atoms with Crippen molar-refractivity contribution >= 4 is 0 Å². The summed E-state index contributed by atoms with van der Waals surface area (Å²) in [5.41, 5.74) is 1.56. The molecule has 2 aromatic rings. The fraction of sp³-hybridized carbons (Fsp3) is 0.308. The van der Waals surface area contributed by atoms with Crippen molar-refractivity contribution < 1.29 is 9.13 Å². The molecular weight excluding hydrogens is 233 g/mol. The predicted molar refractivity (Wildman–Crippen MR) is 67.1 cm³/mol. The lowest BCUT2D eigenvalue weighted by Crippen LogP contribution is -2.19. The molecule has 0 bridgehead atoms. The Kier molecular flexibility index (Phi) is 3.62. The first-order valence-corrected chi connectivity index (χ1v) is 5.66. The van der Waals surface area contributed by atoms with Crippen molar-refractivity contribution in [3.8, 4) is 5.75 Å². The number of hydrogen-bond donors (Lipinski definition) is 1. The van der Waals surface area contributed by atoms with E-state index in [0.29, 0.717) is 5.75 Å². The first kappa shape index (κ1) is 12.6. The van der Waals surface area contributed by atoms with E-state index in [1.807, 2.05) is 26.4 Å². The molecule has 0 aliphatic carbocycles. The fourth-order valence-corrected chi connectivity index (χ4v) is 1.98. The Morgan fingerprint density at radius 3 is 2.72 bits per heavy atom. The highest BCUT2D eigenvalue weighted by molar-refractivity contribution is 5.40. The van der Waals surface area contributed by atoms with Crippen molar-refractivity contribution in [1.29, 1.82) is 0 Å². The Bertz CT molecular complexity index is 539. The average Bonchev–Trinajstić information content (AvgIpc) is 2.77. The fourth-order valence-electron chi connectivity index (χ4n) is 1.98.